The van der Waals surface area contributed by atoms with E-state index < -0.39 is 5.82 Å². The Morgan fingerprint density at radius 2 is 2.26 bits per heavy atom. The number of carbonyl (C=O) groups excluding carboxylic acids is 1. The van der Waals surface area contributed by atoms with Crippen LogP contribution in [0.1, 0.15) is 49.4 Å². The third-order valence-electron chi connectivity index (χ3n) is 3.89. The number of rotatable bonds is 3. The topological polar surface area (TPSA) is 29.1 Å². The van der Waals surface area contributed by atoms with Crippen LogP contribution in [0.25, 0.3) is 0 Å². The van der Waals surface area contributed by atoms with Gasteiger partial charge in [0.2, 0.25) is 0 Å². The summed E-state index contributed by atoms with van der Waals surface area (Å²) in [4.78, 5) is 12.1. The van der Waals surface area contributed by atoms with Gasteiger partial charge in [-0.2, -0.15) is 0 Å². The molecule has 0 aliphatic heterocycles. The van der Waals surface area contributed by atoms with Crippen LogP contribution in [-0.2, 0) is 0 Å². The Kier molecular flexibility index (Phi) is 4.97. The maximum Gasteiger partial charge on any atom is 0.254 e. The second-order valence-electron chi connectivity index (χ2n) is 5.21. The van der Waals surface area contributed by atoms with Gasteiger partial charge in [-0.3, -0.25) is 4.79 Å². The summed E-state index contributed by atoms with van der Waals surface area (Å²) in [6, 6.07) is 4.98. The number of amides is 1. The molecule has 1 aliphatic carbocycles. The normalized spacial score (nSPS) is 23.1. The van der Waals surface area contributed by atoms with Crippen molar-refractivity contribution < 1.29 is 9.18 Å². The highest BCUT2D eigenvalue weighted by Gasteiger charge is 2.23. The molecule has 1 aromatic carbocycles. The number of nitrogens with one attached hydrogen (secondary N) is 1. The minimum atomic E-state index is -0.483. The average Bonchev–Trinajstić information content (AvgIpc) is 2.42. The Hall–Kier alpha value is -0.900. The standard InChI is InChI=1S/C15H19BrFNO/c1-2-10-5-3-6-11(9-10)18-15(19)12-7-4-8-13(16)14(12)17/h4,7-8,10-11H,2-3,5-6,9H2,1H3,(H,18,19). The molecule has 4 heteroatoms. The summed E-state index contributed by atoms with van der Waals surface area (Å²) in [5, 5.41) is 2.97. The zero-order valence-corrected chi connectivity index (χ0v) is 12.7. The van der Waals surface area contributed by atoms with Crippen LogP contribution < -0.4 is 5.32 Å². The van der Waals surface area contributed by atoms with Gasteiger partial charge < -0.3 is 5.32 Å². The van der Waals surface area contributed by atoms with Gasteiger partial charge in [0.15, 0.2) is 0 Å². The molecule has 0 bridgehead atoms. The molecule has 1 N–H and O–H groups in total. The number of carbonyl (C=O) groups is 1. The second-order valence-corrected chi connectivity index (χ2v) is 6.07. The van der Waals surface area contributed by atoms with E-state index >= 15 is 0 Å². The second kappa shape index (κ2) is 6.51. The lowest BCUT2D eigenvalue weighted by Crippen LogP contribution is -2.38. The summed E-state index contributed by atoms with van der Waals surface area (Å²) in [5.74, 6) is -0.102. The van der Waals surface area contributed by atoms with Crippen molar-refractivity contribution in [2.24, 2.45) is 5.92 Å². The van der Waals surface area contributed by atoms with E-state index in [1.54, 1.807) is 12.1 Å². The Morgan fingerprint density at radius 1 is 1.47 bits per heavy atom. The lowest BCUT2D eigenvalue weighted by Gasteiger charge is -2.29. The van der Waals surface area contributed by atoms with E-state index in [1.807, 2.05) is 0 Å². The SMILES string of the molecule is CCC1CCCC(NC(=O)c2cccc(Br)c2F)C1. The maximum atomic E-state index is 13.8. The molecule has 0 spiro atoms. The predicted molar refractivity (Wildman–Crippen MR) is 77.6 cm³/mol. The monoisotopic (exact) mass is 327 g/mol. The van der Waals surface area contributed by atoms with Crippen molar-refractivity contribution in [3.63, 3.8) is 0 Å². The Morgan fingerprint density at radius 3 is 3.00 bits per heavy atom. The summed E-state index contributed by atoms with van der Waals surface area (Å²) in [7, 11) is 0. The molecule has 1 aromatic rings. The van der Waals surface area contributed by atoms with Crippen molar-refractivity contribution in [3.8, 4) is 0 Å². The van der Waals surface area contributed by atoms with Crippen molar-refractivity contribution in [1.82, 2.24) is 5.32 Å². The summed E-state index contributed by atoms with van der Waals surface area (Å²) in [6.45, 7) is 2.18. The quantitative estimate of drug-likeness (QED) is 0.881. The molecule has 1 saturated carbocycles. The summed E-state index contributed by atoms with van der Waals surface area (Å²) < 4.78 is 14.2. The number of hydrogen-bond acceptors (Lipinski definition) is 1. The smallest absolute Gasteiger partial charge is 0.254 e. The average molecular weight is 328 g/mol. The fourth-order valence-corrected chi connectivity index (χ4v) is 3.10. The van der Waals surface area contributed by atoms with Crippen LogP contribution in [0, 0.1) is 11.7 Å². The summed E-state index contributed by atoms with van der Waals surface area (Å²) in [6.07, 6.45) is 5.55. The third kappa shape index (κ3) is 3.56. The first-order valence-corrected chi connectivity index (χ1v) is 7.66. The van der Waals surface area contributed by atoms with Crippen LogP contribution in [0.2, 0.25) is 0 Å². The molecule has 2 rings (SSSR count). The largest absolute Gasteiger partial charge is 0.349 e. The van der Waals surface area contributed by atoms with Gasteiger partial charge >= 0.3 is 0 Å². The molecule has 2 unspecified atom stereocenters. The van der Waals surface area contributed by atoms with Crippen molar-refractivity contribution >= 4 is 21.8 Å². The minimum Gasteiger partial charge on any atom is -0.349 e. The minimum absolute atomic E-state index is 0.119. The van der Waals surface area contributed by atoms with Gasteiger partial charge in [-0.15, -0.1) is 0 Å². The van der Waals surface area contributed by atoms with Crippen molar-refractivity contribution in [2.75, 3.05) is 0 Å². The highest BCUT2D eigenvalue weighted by molar-refractivity contribution is 9.10. The highest BCUT2D eigenvalue weighted by atomic mass is 79.9. The summed E-state index contributed by atoms with van der Waals surface area (Å²) in [5.41, 5.74) is 0.119. The fraction of sp³-hybridized carbons (Fsp3) is 0.533. The molecule has 2 atom stereocenters. The molecule has 19 heavy (non-hydrogen) atoms. The molecule has 2 nitrogen and oxygen atoms in total. The van der Waals surface area contributed by atoms with Crippen LogP contribution in [-0.4, -0.2) is 11.9 Å². The predicted octanol–water partition coefficient (Wildman–Crippen LogP) is 4.29. The van der Waals surface area contributed by atoms with E-state index in [-0.39, 0.29) is 17.5 Å². The van der Waals surface area contributed by atoms with E-state index in [0.29, 0.717) is 10.4 Å². The molecule has 0 radical (unpaired) electrons. The molecule has 1 amide bonds. The van der Waals surface area contributed by atoms with E-state index in [9.17, 15) is 9.18 Å². The van der Waals surface area contributed by atoms with Gasteiger partial charge in [-0.25, -0.2) is 4.39 Å². The number of benzene rings is 1. The Bertz CT molecular complexity index is 463. The molecule has 0 saturated heterocycles. The van der Waals surface area contributed by atoms with Crippen LogP contribution in [0.15, 0.2) is 22.7 Å². The van der Waals surface area contributed by atoms with Gasteiger partial charge in [0.05, 0.1) is 10.0 Å². The first-order valence-electron chi connectivity index (χ1n) is 6.86. The van der Waals surface area contributed by atoms with Gasteiger partial charge in [0.25, 0.3) is 5.91 Å². The lowest BCUT2D eigenvalue weighted by molar-refractivity contribution is 0.0915. The van der Waals surface area contributed by atoms with Crippen molar-refractivity contribution in [1.29, 1.82) is 0 Å². The maximum absolute atomic E-state index is 13.8. The van der Waals surface area contributed by atoms with Gasteiger partial charge in [-0.05, 0) is 46.8 Å². The molecule has 0 heterocycles. The van der Waals surface area contributed by atoms with E-state index in [2.05, 4.69) is 28.2 Å². The molecule has 0 aromatic heterocycles. The van der Waals surface area contributed by atoms with Crippen molar-refractivity contribution in [3.05, 3.63) is 34.1 Å². The van der Waals surface area contributed by atoms with E-state index in [4.69, 9.17) is 0 Å². The highest BCUT2D eigenvalue weighted by Crippen LogP contribution is 2.27. The zero-order chi connectivity index (χ0) is 13.8. The number of halogens is 2. The van der Waals surface area contributed by atoms with Crippen LogP contribution in [0.4, 0.5) is 4.39 Å². The molecular weight excluding hydrogens is 309 g/mol. The van der Waals surface area contributed by atoms with Crippen LogP contribution in [0.5, 0.6) is 0 Å². The molecule has 104 valence electrons. The van der Waals surface area contributed by atoms with Crippen LogP contribution in [0.3, 0.4) is 0 Å². The van der Waals surface area contributed by atoms with Gasteiger partial charge in [0, 0.05) is 6.04 Å². The fourth-order valence-electron chi connectivity index (χ4n) is 2.74. The van der Waals surface area contributed by atoms with Crippen molar-refractivity contribution in [2.45, 2.75) is 45.1 Å². The van der Waals surface area contributed by atoms with Crippen LogP contribution >= 0.6 is 15.9 Å². The number of hydrogen-bond donors (Lipinski definition) is 1. The zero-order valence-electron chi connectivity index (χ0n) is 11.1. The molecule has 1 fully saturated rings. The molecular formula is C15H19BrFNO. The first kappa shape index (κ1) is 14.5. The Balaban J connectivity index is 2.02. The lowest BCUT2D eigenvalue weighted by atomic mass is 9.84. The molecule has 1 aliphatic rings. The van der Waals surface area contributed by atoms with Gasteiger partial charge in [0.1, 0.15) is 5.82 Å². The first-order chi connectivity index (χ1) is 9.11. The van der Waals surface area contributed by atoms with E-state index in [1.165, 1.54) is 12.5 Å². The third-order valence-corrected chi connectivity index (χ3v) is 4.50. The summed E-state index contributed by atoms with van der Waals surface area (Å²) >= 11 is 3.11. The Labute approximate surface area is 121 Å². The van der Waals surface area contributed by atoms with Gasteiger partial charge in [-0.1, -0.05) is 32.3 Å². The van der Waals surface area contributed by atoms with E-state index in [0.717, 1.165) is 25.7 Å².